The van der Waals surface area contributed by atoms with Gasteiger partial charge in [-0.2, -0.15) is 0 Å². The van der Waals surface area contributed by atoms with Crippen LogP contribution in [-0.2, 0) is 9.47 Å². The smallest absolute Gasteiger partial charge is 0.338 e. The second kappa shape index (κ2) is 24.0. The lowest BCUT2D eigenvalue weighted by Gasteiger charge is -2.20. The summed E-state index contributed by atoms with van der Waals surface area (Å²) in [6, 6.07) is 5.84. The molecule has 0 bridgehead atoms. The number of fused-ring (bicyclic) bond motifs is 6. The maximum Gasteiger partial charge on any atom is 0.338 e. The van der Waals surface area contributed by atoms with E-state index < -0.39 is 33.2 Å². The van der Waals surface area contributed by atoms with E-state index in [-0.39, 0.29) is 92.9 Å². The van der Waals surface area contributed by atoms with Gasteiger partial charge in [0.2, 0.25) is 11.5 Å². The molecule has 14 heteroatoms. The molecule has 0 amide bonds. The van der Waals surface area contributed by atoms with E-state index >= 15 is 0 Å². The maximum absolute atomic E-state index is 13.5. The van der Waals surface area contributed by atoms with E-state index in [2.05, 4.69) is 27.7 Å². The number of esters is 2. The Bertz CT molecular complexity index is 1970. The Kier molecular flexibility index (Phi) is 18.9. The summed E-state index contributed by atoms with van der Waals surface area (Å²) in [6.45, 7) is 9.19. The average Bonchev–Trinajstić information content (AvgIpc) is 3.24. The van der Waals surface area contributed by atoms with Gasteiger partial charge in [-0.3, -0.25) is 20.2 Å². The van der Waals surface area contributed by atoms with Crippen molar-refractivity contribution in [2.75, 3.05) is 40.6 Å². The molecule has 0 unspecified atom stereocenters. The Morgan fingerprint density at radius 3 is 1.05 bits per heavy atom. The van der Waals surface area contributed by atoms with Crippen molar-refractivity contribution in [2.24, 2.45) is 0 Å². The number of ether oxygens (including phenoxy) is 6. The zero-order chi connectivity index (χ0) is 43.6. The maximum atomic E-state index is 13.5. The molecule has 0 saturated carbocycles. The molecule has 4 aromatic carbocycles. The third-order valence-electron chi connectivity index (χ3n) is 10.6. The molecular formula is C46H62N2O12. The third-order valence-corrected chi connectivity index (χ3v) is 10.6. The minimum atomic E-state index is -0.912. The molecule has 0 aliphatic heterocycles. The molecule has 0 saturated heterocycles. The van der Waals surface area contributed by atoms with E-state index in [0.29, 0.717) is 25.7 Å². The summed E-state index contributed by atoms with van der Waals surface area (Å²) in [7, 11) is 2.28. The normalized spacial score (nSPS) is 11.2. The van der Waals surface area contributed by atoms with E-state index in [9.17, 15) is 29.8 Å². The van der Waals surface area contributed by atoms with Crippen LogP contribution in [0.5, 0.6) is 23.0 Å². The van der Waals surface area contributed by atoms with Gasteiger partial charge in [0.15, 0.2) is 11.5 Å². The Morgan fingerprint density at radius 2 is 0.767 bits per heavy atom. The minimum absolute atomic E-state index is 0.0300. The molecular weight excluding hydrogens is 773 g/mol. The largest absolute Gasteiger partial charge is 0.489 e. The van der Waals surface area contributed by atoms with E-state index in [0.717, 1.165) is 91.3 Å². The summed E-state index contributed by atoms with van der Waals surface area (Å²) in [6.07, 6.45) is 14.0. The first-order chi connectivity index (χ1) is 29.1. The number of benzene rings is 4. The van der Waals surface area contributed by atoms with Crippen LogP contribution in [0, 0.1) is 20.2 Å². The van der Waals surface area contributed by atoms with Crippen molar-refractivity contribution in [1.82, 2.24) is 0 Å². The fraction of sp³-hybridized carbons (Fsp3) is 0.565. The first-order valence-corrected chi connectivity index (χ1v) is 21.7. The first kappa shape index (κ1) is 47.3. The Labute approximate surface area is 352 Å². The highest BCUT2D eigenvalue weighted by Crippen LogP contribution is 2.54. The van der Waals surface area contributed by atoms with Crippen LogP contribution < -0.4 is 18.9 Å². The van der Waals surface area contributed by atoms with Crippen molar-refractivity contribution in [3.63, 3.8) is 0 Å². The number of carbonyl (C=O) groups excluding carboxylic acids is 2. The molecule has 0 radical (unpaired) electrons. The van der Waals surface area contributed by atoms with Gasteiger partial charge in [-0.1, -0.05) is 105 Å². The van der Waals surface area contributed by atoms with Gasteiger partial charge >= 0.3 is 23.3 Å². The molecule has 0 aliphatic rings. The Hall–Kier alpha value is -5.40. The van der Waals surface area contributed by atoms with Crippen molar-refractivity contribution in [2.45, 2.75) is 130 Å². The van der Waals surface area contributed by atoms with Gasteiger partial charge in [-0.15, -0.1) is 0 Å². The lowest BCUT2D eigenvalue weighted by Crippen LogP contribution is -2.12. The number of nitrogens with zero attached hydrogens (tertiary/aromatic N) is 2. The summed E-state index contributed by atoms with van der Waals surface area (Å²) < 4.78 is 35.3. The van der Waals surface area contributed by atoms with Gasteiger partial charge < -0.3 is 28.4 Å². The van der Waals surface area contributed by atoms with Crippen LogP contribution in [0.4, 0.5) is 11.4 Å². The van der Waals surface area contributed by atoms with E-state index in [1.54, 1.807) is 12.1 Å². The number of hydrogen-bond donors (Lipinski definition) is 0. The number of unbranched alkanes of at least 4 members (excludes halogenated alkanes) is 12. The van der Waals surface area contributed by atoms with Crippen LogP contribution in [-0.4, -0.2) is 62.4 Å². The molecule has 0 atom stereocenters. The fourth-order valence-corrected chi connectivity index (χ4v) is 7.46. The topological polar surface area (TPSA) is 176 Å². The lowest BCUT2D eigenvalue weighted by molar-refractivity contribution is -0.384. The van der Waals surface area contributed by atoms with Crippen molar-refractivity contribution in [3.05, 3.63) is 55.6 Å². The fourth-order valence-electron chi connectivity index (χ4n) is 7.46. The quantitative estimate of drug-likeness (QED) is 0.0174. The van der Waals surface area contributed by atoms with Gasteiger partial charge in [0.1, 0.15) is 0 Å². The van der Waals surface area contributed by atoms with E-state index in [4.69, 9.17) is 28.4 Å². The number of nitro benzene ring substituents is 2. The number of methoxy groups -OCH3 is 2. The number of carbonyl (C=O) groups is 2. The standard InChI is InChI=1S/C46H62N2O12/c1-7-11-15-19-23-57-37-29-33-34-30-38(58-24-20-16-12-8-2)44(60-26-22-18-14-10-4)42(48(53)54)40(34)32-28-36(46(50)56-6)35(45(49)55-5)27-31(32)39(33)41(47(51)52)43(37)59-25-21-17-13-9-3/h27-30H,7-26H2,1-6H3. The highest BCUT2D eigenvalue weighted by Gasteiger charge is 2.35. The van der Waals surface area contributed by atoms with Crippen LogP contribution in [0.3, 0.4) is 0 Å². The van der Waals surface area contributed by atoms with E-state index in [1.165, 1.54) is 12.1 Å². The molecule has 0 aliphatic carbocycles. The first-order valence-electron chi connectivity index (χ1n) is 21.7. The molecule has 4 aromatic rings. The van der Waals surface area contributed by atoms with Crippen LogP contribution in [0.2, 0.25) is 0 Å². The van der Waals surface area contributed by atoms with Gasteiger partial charge in [-0.25, -0.2) is 9.59 Å². The van der Waals surface area contributed by atoms with Crippen molar-refractivity contribution in [1.29, 1.82) is 0 Å². The molecule has 0 N–H and O–H groups in total. The molecule has 4 rings (SSSR count). The summed E-state index contributed by atoms with van der Waals surface area (Å²) in [5.41, 5.74) is -1.37. The molecule has 14 nitrogen and oxygen atoms in total. The highest BCUT2D eigenvalue weighted by molar-refractivity contribution is 6.32. The zero-order valence-corrected chi connectivity index (χ0v) is 36.2. The molecule has 328 valence electrons. The summed E-state index contributed by atoms with van der Waals surface area (Å²) in [5.74, 6) is -1.78. The van der Waals surface area contributed by atoms with Gasteiger partial charge in [0, 0.05) is 10.8 Å². The monoisotopic (exact) mass is 834 g/mol. The van der Waals surface area contributed by atoms with Crippen molar-refractivity contribution in [3.8, 4) is 23.0 Å². The second-order valence-electron chi connectivity index (χ2n) is 15.0. The van der Waals surface area contributed by atoms with Crippen LogP contribution >= 0.6 is 0 Å². The Balaban J connectivity index is 2.26. The molecule has 0 heterocycles. The Morgan fingerprint density at radius 1 is 0.467 bits per heavy atom. The van der Waals surface area contributed by atoms with Crippen molar-refractivity contribution < 1.29 is 47.9 Å². The molecule has 0 fully saturated rings. The predicted molar refractivity (Wildman–Crippen MR) is 233 cm³/mol. The third kappa shape index (κ3) is 11.4. The average molecular weight is 835 g/mol. The number of hydrogen-bond acceptors (Lipinski definition) is 12. The lowest BCUT2D eigenvalue weighted by atomic mass is 9.88. The van der Waals surface area contributed by atoms with Crippen LogP contribution in [0.15, 0.2) is 24.3 Å². The van der Waals surface area contributed by atoms with Gasteiger partial charge in [-0.05, 0) is 60.7 Å². The summed E-state index contributed by atoms with van der Waals surface area (Å²) in [4.78, 5) is 52.5. The molecule has 60 heavy (non-hydrogen) atoms. The molecule has 0 spiro atoms. The van der Waals surface area contributed by atoms with Crippen molar-refractivity contribution >= 4 is 55.6 Å². The van der Waals surface area contributed by atoms with Gasteiger partial charge in [0.05, 0.1) is 72.4 Å². The second-order valence-corrected chi connectivity index (χ2v) is 15.0. The minimum Gasteiger partial charge on any atom is -0.489 e. The van der Waals surface area contributed by atoms with E-state index in [1.807, 2.05) is 0 Å². The SMILES string of the molecule is CCCCCCOc1cc2c3cc(OCCCCCC)c(OCCCCCC)c([N+](=O)[O-])c3c3cc(C(=O)OC)c(C(=O)OC)cc3c2c([N+](=O)[O-])c1OCCCCCC. The number of rotatable bonds is 28. The highest BCUT2D eigenvalue weighted by atomic mass is 16.6. The zero-order valence-electron chi connectivity index (χ0n) is 36.2. The molecule has 0 aromatic heterocycles. The predicted octanol–water partition coefficient (Wildman–Crippen LogP) is 12.4. The summed E-state index contributed by atoms with van der Waals surface area (Å²) >= 11 is 0. The van der Waals surface area contributed by atoms with Crippen LogP contribution in [0.25, 0.3) is 32.3 Å². The van der Waals surface area contributed by atoms with Gasteiger partial charge in [0.25, 0.3) is 0 Å². The summed E-state index contributed by atoms with van der Waals surface area (Å²) in [5, 5.41) is 27.6. The number of nitro groups is 2. The van der Waals surface area contributed by atoms with Crippen LogP contribution in [0.1, 0.15) is 151 Å².